The minimum Gasteiger partial charge on any atom is -0.330 e. The van der Waals surface area contributed by atoms with Crippen LogP contribution in [0, 0.1) is 18.6 Å². The van der Waals surface area contributed by atoms with Crippen molar-refractivity contribution in [2.75, 3.05) is 6.54 Å². The van der Waals surface area contributed by atoms with Gasteiger partial charge < -0.3 is 5.73 Å². The molecular weight excluding hydrogens is 172 g/mol. The number of hydrogen-bond acceptors (Lipinski definition) is 1. The molecule has 0 saturated carbocycles. The number of aryl methyl sites for hydroxylation is 1. The summed E-state index contributed by atoms with van der Waals surface area (Å²) in [5, 5.41) is 0. The van der Waals surface area contributed by atoms with Gasteiger partial charge in [0.2, 0.25) is 0 Å². The molecule has 0 aliphatic heterocycles. The Hall–Kier alpha value is -0.960. The lowest BCUT2D eigenvalue weighted by Crippen LogP contribution is -2.12. The van der Waals surface area contributed by atoms with Crippen LogP contribution in [0.5, 0.6) is 0 Å². The maximum absolute atomic E-state index is 13.3. The van der Waals surface area contributed by atoms with E-state index in [-0.39, 0.29) is 18.0 Å². The third-order valence-corrected chi connectivity index (χ3v) is 2.07. The highest BCUT2D eigenvalue weighted by Crippen LogP contribution is 2.22. The van der Waals surface area contributed by atoms with E-state index in [4.69, 9.17) is 5.73 Å². The summed E-state index contributed by atoms with van der Waals surface area (Å²) in [7, 11) is 0. The van der Waals surface area contributed by atoms with Crippen molar-refractivity contribution in [1.29, 1.82) is 0 Å². The van der Waals surface area contributed by atoms with Crippen LogP contribution in [0.2, 0.25) is 0 Å². The van der Waals surface area contributed by atoms with Gasteiger partial charge in [0.15, 0.2) is 0 Å². The van der Waals surface area contributed by atoms with E-state index in [0.29, 0.717) is 5.56 Å². The molecule has 1 atom stereocenters. The van der Waals surface area contributed by atoms with Crippen molar-refractivity contribution in [3.8, 4) is 0 Å². The monoisotopic (exact) mass is 185 g/mol. The van der Waals surface area contributed by atoms with Gasteiger partial charge in [-0.25, -0.2) is 8.78 Å². The molecule has 13 heavy (non-hydrogen) atoms. The molecule has 1 aromatic carbocycles. The Kier molecular flexibility index (Phi) is 2.98. The van der Waals surface area contributed by atoms with Gasteiger partial charge in [0.1, 0.15) is 11.6 Å². The fourth-order valence-corrected chi connectivity index (χ4v) is 1.30. The summed E-state index contributed by atoms with van der Waals surface area (Å²) in [6.45, 7) is 3.61. The first kappa shape index (κ1) is 10.1. The van der Waals surface area contributed by atoms with E-state index in [9.17, 15) is 8.78 Å². The molecule has 0 spiro atoms. The zero-order valence-corrected chi connectivity index (χ0v) is 7.77. The lowest BCUT2D eigenvalue weighted by Gasteiger charge is -2.11. The van der Waals surface area contributed by atoms with Crippen molar-refractivity contribution in [2.24, 2.45) is 5.73 Å². The molecule has 1 rings (SSSR count). The lowest BCUT2D eigenvalue weighted by atomic mass is 9.99. The summed E-state index contributed by atoms with van der Waals surface area (Å²) in [6, 6.07) is 2.65. The van der Waals surface area contributed by atoms with E-state index < -0.39 is 11.6 Å². The first-order valence-corrected chi connectivity index (χ1v) is 4.22. The van der Waals surface area contributed by atoms with Crippen LogP contribution in [0.4, 0.5) is 8.78 Å². The standard InChI is InChI=1S/C10H13F2N/c1-6-3-8(11)10(7(2)5-13)9(12)4-6/h3-4,7H,5,13H2,1-2H3. The maximum Gasteiger partial charge on any atom is 0.129 e. The molecule has 0 saturated heterocycles. The van der Waals surface area contributed by atoms with E-state index in [2.05, 4.69) is 0 Å². The minimum absolute atomic E-state index is 0.0908. The fourth-order valence-electron chi connectivity index (χ4n) is 1.30. The zero-order valence-electron chi connectivity index (χ0n) is 7.77. The minimum atomic E-state index is -0.504. The summed E-state index contributed by atoms with van der Waals surface area (Å²) in [6.07, 6.45) is 0. The fraction of sp³-hybridized carbons (Fsp3) is 0.400. The third-order valence-electron chi connectivity index (χ3n) is 2.07. The van der Waals surface area contributed by atoms with Crippen molar-refractivity contribution >= 4 is 0 Å². The molecule has 0 heterocycles. The van der Waals surface area contributed by atoms with Crippen molar-refractivity contribution in [1.82, 2.24) is 0 Å². The molecule has 72 valence electrons. The molecule has 0 aliphatic carbocycles. The second kappa shape index (κ2) is 3.83. The molecule has 3 heteroatoms. The summed E-state index contributed by atoms with van der Waals surface area (Å²) in [5.74, 6) is -1.29. The zero-order chi connectivity index (χ0) is 10.0. The van der Waals surface area contributed by atoms with Crippen molar-refractivity contribution < 1.29 is 8.78 Å². The summed E-state index contributed by atoms with van der Waals surface area (Å²) >= 11 is 0. The highest BCUT2D eigenvalue weighted by atomic mass is 19.1. The molecule has 0 fully saturated rings. The first-order valence-electron chi connectivity index (χ1n) is 4.22. The van der Waals surface area contributed by atoms with Gasteiger partial charge >= 0.3 is 0 Å². The Morgan fingerprint density at radius 3 is 2.15 bits per heavy atom. The molecule has 0 bridgehead atoms. The number of rotatable bonds is 2. The third kappa shape index (κ3) is 2.04. The highest BCUT2D eigenvalue weighted by molar-refractivity contribution is 5.28. The first-order chi connectivity index (χ1) is 6.06. The van der Waals surface area contributed by atoms with Gasteiger partial charge in [0, 0.05) is 5.56 Å². The molecule has 1 nitrogen and oxygen atoms in total. The molecule has 1 unspecified atom stereocenters. The normalized spacial score (nSPS) is 13.0. The van der Waals surface area contributed by atoms with E-state index in [0.717, 1.165) is 0 Å². The Labute approximate surface area is 76.6 Å². The van der Waals surface area contributed by atoms with E-state index in [1.165, 1.54) is 12.1 Å². The van der Waals surface area contributed by atoms with Crippen LogP contribution in [-0.2, 0) is 0 Å². The van der Waals surface area contributed by atoms with E-state index in [1.807, 2.05) is 0 Å². The van der Waals surface area contributed by atoms with Gasteiger partial charge in [-0.1, -0.05) is 6.92 Å². The molecule has 2 N–H and O–H groups in total. The average molecular weight is 185 g/mol. The highest BCUT2D eigenvalue weighted by Gasteiger charge is 2.15. The van der Waals surface area contributed by atoms with Gasteiger partial charge in [0.05, 0.1) is 0 Å². The maximum atomic E-state index is 13.3. The van der Waals surface area contributed by atoms with Crippen molar-refractivity contribution in [3.63, 3.8) is 0 Å². The number of halogens is 2. The van der Waals surface area contributed by atoms with Crippen LogP contribution in [0.3, 0.4) is 0 Å². The summed E-state index contributed by atoms with van der Waals surface area (Å²) in [4.78, 5) is 0. The molecule has 0 radical (unpaired) electrons. The Morgan fingerprint density at radius 2 is 1.77 bits per heavy atom. The van der Waals surface area contributed by atoms with Crippen LogP contribution in [0.25, 0.3) is 0 Å². The summed E-state index contributed by atoms with van der Waals surface area (Å²) in [5.41, 5.74) is 6.02. The van der Waals surface area contributed by atoms with Gasteiger partial charge in [-0.3, -0.25) is 0 Å². The lowest BCUT2D eigenvalue weighted by molar-refractivity contribution is 0.533. The van der Waals surface area contributed by atoms with Crippen LogP contribution < -0.4 is 5.73 Å². The number of nitrogens with two attached hydrogens (primary N) is 1. The largest absolute Gasteiger partial charge is 0.330 e. The van der Waals surface area contributed by atoms with Crippen molar-refractivity contribution in [2.45, 2.75) is 19.8 Å². The quantitative estimate of drug-likeness (QED) is 0.751. The molecule has 0 aliphatic rings. The van der Waals surface area contributed by atoms with Gasteiger partial charge in [-0.15, -0.1) is 0 Å². The molecular formula is C10H13F2N. The van der Waals surface area contributed by atoms with E-state index >= 15 is 0 Å². The number of hydrogen-bond donors (Lipinski definition) is 1. The second-order valence-corrected chi connectivity index (χ2v) is 3.28. The topological polar surface area (TPSA) is 26.0 Å². The van der Waals surface area contributed by atoms with Crippen LogP contribution in [0.1, 0.15) is 24.0 Å². The summed E-state index contributed by atoms with van der Waals surface area (Å²) < 4.78 is 26.5. The second-order valence-electron chi connectivity index (χ2n) is 3.28. The Morgan fingerprint density at radius 1 is 1.31 bits per heavy atom. The molecule has 0 amide bonds. The van der Waals surface area contributed by atoms with Crippen LogP contribution in [-0.4, -0.2) is 6.54 Å². The van der Waals surface area contributed by atoms with Gasteiger partial charge in [-0.2, -0.15) is 0 Å². The smallest absolute Gasteiger partial charge is 0.129 e. The van der Waals surface area contributed by atoms with Gasteiger partial charge in [-0.05, 0) is 37.1 Å². The predicted octanol–water partition coefficient (Wildman–Crippen LogP) is 2.34. The SMILES string of the molecule is Cc1cc(F)c(C(C)CN)c(F)c1. The van der Waals surface area contributed by atoms with Crippen molar-refractivity contribution in [3.05, 3.63) is 34.9 Å². The molecule has 0 aromatic heterocycles. The molecule has 1 aromatic rings. The Bertz CT molecular complexity index is 287. The average Bonchev–Trinajstić information content (AvgIpc) is 2.02. The number of benzene rings is 1. The predicted molar refractivity (Wildman–Crippen MR) is 48.6 cm³/mol. The Balaban J connectivity index is 3.20. The van der Waals surface area contributed by atoms with Crippen LogP contribution >= 0.6 is 0 Å². The van der Waals surface area contributed by atoms with E-state index in [1.54, 1.807) is 13.8 Å². The van der Waals surface area contributed by atoms with Gasteiger partial charge in [0.25, 0.3) is 0 Å². The van der Waals surface area contributed by atoms with Crippen LogP contribution in [0.15, 0.2) is 12.1 Å².